The van der Waals surface area contributed by atoms with Crippen molar-refractivity contribution < 1.29 is 23.2 Å². The van der Waals surface area contributed by atoms with E-state index in [0.29, 0.717) is 21.9 Å². The van der Waals surface area contributed by atoms with E-state index in [2.05, 4.69) is 0 Å². The normalized spacial score (nSPS) is 11.0. The van der Waals surface area contributed by atoms with Crippen molar-refractivity contribution >= 4 is 33.7 Å². The zero-order valence-electron chi connectivity index (χ0n) is 15.5. The average molecular weight is 390 g/mol. The molecule has 0 aliphatic heterocycles. The minimum atomic E-state index is -0.985. The Labute approximate surface area is 163 Å². The van der Waals surface area contributed by atoms with Gasteiger partial charge in [-0.3, -0.25) is 4.79 Å². The number of ether oxygens (including phenoxy) is 1. The van der Waals surface area contributed by atoms with E-state index in [1.807, 2.05) is 0 Å². The predicted octanol–water partition coefficient (Wildman–Crippen LogP) is 3.63. The van der Waals surface area contributed by atoms with Gasteiger partial charge in [0.2, 0.25) is 0 Å². The van der Waals surface area contributed by atoms with Crippen LogP contribution in [0.5, 0.6) is 5.75 Å². The third-order valence-electron chi connectivity index (χ3n) is 4.50. The first-order valence-corrected chi connectivity index (χ1v) is 8.68. The smallest absolute Gasteiger partial charge is 0.351 e. The van der Waals surface area contributed by atoms with E-state index in [4.69, 9.17) is 13.6 Å². The first-order valence-electron chi connectivity index (χ1n) is 8.68. The lowest BCUT2D eigenvalue weighted by molar-refractivity contribution is 0.0729. The molecule has 0 amide bonds. The van der Waals surface area contributed by atoms with Crippen LogP contribution in [-0.2, 0) is 0 Å². The number of Topliss-reactive ketones (excluding diaryl/α,β-unsaturated/α-hetero) is 1. The molecule has 0 atom stereocenters. The quantitative estimate of drug-likeness (QED) is 0.228. The molecular weight excluding hydrogens is 376 g/mol. The highest BCUT2D eigenvalue weighted by atomic mass is 16.5. The van der Waals surface area contributed by atoms with Crippen molar-refractivity contribution in [3.63, 3.8) is 0 Å². The summed E-state index contributed by atoms with van der Waals surface area (Å²) >= 11 is 0. The Kier molecular flexibility index (Phi) is 4.35. The van der Waals surface area contributed by atoms with Crippen LogP contribution in [0.2, 0.25) is 0 Å². The van der Waals surface area contributed by atoms with Crippen LogP contribution in [0.25, 0.3) is 21.9 Å². The van der Waals surface area contributed by atoms with Crippen molar-refractivity contribution in [2.75, 3.05) is 0 Å². The Morgan fingerprint density at radius 2 is 1.72 bits per heavy atom. The van der Waals surface area contributed by atoms with Crippen LogP contribution in [0.3, 0.4) is 0 Å². The molecule has 0 aliphatic rings. The lowest BCUT2D eigenvalue weighted by atomic mass is 10.0. The van der Waals surface area contributed by atoms with Crippen molar-refractivity contribution in [3.8, 4) is 5.75 Å². The fourth-order valence-corrected chi connectivity index (χ4v) is 3.14. The second-order valence-corrected chi connectivity index (χ2v) is 6.49. The number of fused-ring (bicyclic) bond motifs is 2. The van der Waals surface area contributed by atoms with E-state index in [1.54, 1.807) is 37.3 Å². The zero-order valence-corrected chi connectivity index (χ0v) is 15.5. The van der Waals surface area contributed by atoms with E-state index in [1.165, 1.54) is 25.1 Å². The summed E-state index contributed by atoms with van der Waals surface area (Å²) in [6, 6.07) is 12.4. The topological polar surface area (TPSA) is 104 Å². The molecule has 0 saturated heterocycles. The fourth-order valence-electron chi connectivity index (χ4n) is 3.14. The van der Waals surface area contributed by atoms with Crippen molar-refractivity contribution in [3.05, 3.63) is 86.1 Å². The van der Waals surface area contributed by atoms with Gasteiger partial charge in [-0.25, -0.2) is 14.4 Å². The average Bonchev–Trinajstić information content (AvgIpc) is 2.66. The van der Waals surface area contributed by atoms with Gasteiger partial charge in [0.05, 0.1) is 0 Å². The van der Waals surface area contributed by atoms with Crippen molar-refractivity contribution in [1.29, 1.82) is 0 Å². The Bertz CT molecular complexity index is 1420. The molecule has 2 aromatic heterocycles. The number of rotatable bonds is 3. The van der Waals surface area contributed by atoms with Gasteiger partial charge in [-0.1, -0.05) is 18.2 Å². The van der Waals surface area contributed by atoms with Gasteiger partial charge in [-0.05, 0) is 43.7 Å². The van der Waals surface area contributed by atoms with Gasteiger partial charge >= 0.3 is 17.2 Å². The molecule has 2 heterocycles. The maximum Gasteiger partial charge on any atom is 0.351 e. The summed E-state index contributed by atoms with van der Waals surface area (Å²) in [6.07, 6.45) is 0. The van der Waals surface area contributed by atoms with Crippen LogP contribution in [0.4, 0.5) is 0 Å². The molecule has 4 rings (SSSR count). The summed E-state index contributed by atoms with van der Waals surface area (Å²) in [6.45, 7) is 2.97. The van der Waals surface area contributed by atoms with E-state index in [0.717, 1.165) is 0 Å². The van der Waals surface area contributed by atoms with Crippen LogP contribution in [0.15, 0.2) is 67.0 Å². The molecule has 0 bridgehead atoms. The van der Waals surface area contributed by atoms with Gasteiger partial charge in [-0.15, -0.1) is 0 Å². The number of hydrogen-bond acceptors (Lipinski definition) is 7. The minimum Gasteiger partial charge on any atom is -0.422 e. The van der Waals surface area contributed by atoms with Gasteiger partial charge in [-0.2, -0.15) is 0 Å². The van der Waals surface area contributed by atoms with Crippen LogP contribution in [0, 0.1) is 6.92 Å². The van der Waals surface area contributed by atoms with Gasteiger partial charge in [0, 0.05) is 16.8 Å². The van der Waals surface area contributed by atoms with Crippen LogP contribution in [-0.4, -0.2) is 11.8 Å². The summed E-state index contributed by atoms with van der Waals surface area (Å²) in [5, 5.41) is 1.09. The number of carbonyl (C=O) groups excluding carboxylic acids is 2. The molecule has 0 N–H and O–H groups in total. The number of benzene rings is 2. The summed E-state index contributed by atoms with van der Waals surface area (Å²) < 4.78 is 15.7. The number of hydrogen-bond donors (Lipinski definition) is 0. The van der Waals surface area contributed by atoms with Gasteiger partial charge < -0.3 is 13.6 Å². The lowest BCUT2D eigenvalue weighted by Gasteiger charge is -2.11. The van der Waals surface area contributed by atoms with Crippen molar-refractivity contribution in [1.82, 2.24) is 0 Å². The number of ketones is 1. The Balaban J connectivity index is 1.84. The Morgan fingerprint density at radius 1 is 0.966 bits per heavy atom. The van der Waals surface area contributed by atoms with Crippen molar-refractivity contribution in [2.24, 2.45) is 0 Å². The maximum absolute atomic E-state index is 12.6. The maximum atomic E-state index is 12.6. The molecule has 0 unspecified atom stereocenters. The van der Waals surface area contributed by atoms with Crippen molar-refractivity contribution in [2.45, 2.75) is 13.8 Å². The molecule has 0 radical (unpaired) electrons. The molecule has 29 heavy (non-hydrogen) atoms. The van der Waals surface area contributed by atoms with Gasteiger partial charge in [0.25, 0.3) is 0 Å². The monoisotopic (exact) mass is 390 g/mol. The summed E-state index contributed by atoms with van der Waals surface area (Å²) in [7, 11) is 0. The predicted molar refractivity (Wildman–Crippen MR) is 105 cm³/mol. The number of para-hydroxylation sites is 1. The van der Waals surface area contributed by atoms with Crippen LogP contribution in [0.1, 0.15) is 33.2 Å². The molecule has 0 fully saturated rings. The minimum absolute atomic E-state index is 0.0262. The molecule has 0 aliphatic carbocycles. The lowest BCUT2D eigenvalue weighted by Crippen LogP contribution is -2.19. The summed E-state index contributed by atoms with van der Waals surface area (Å²) in [5.41, 5.74) is -0.880. The number of esters is 1. The second-order valence-electron chi connectivity index (χ2n) is 6.49. The molecule has 4 aromatic rings. The van der Waals surface area contributed by atoms with E-state index in [-0.39, 0.29) is 22.5 Å². The Morgan fingerprint density at radius 3 is 2.48 bits per heavy atom. The third-order valence-corrected chi connectivity index (χ3v) is 4.50. The molecule has 7 heteroatoms. The van der Waals surface area contributed by atoms with Crippen LogP contribution >= 0.6 is 0 Å². The first-order chi connectivity index (χ1) is 13.8. The second kappa shape index (κ2) is 6.87. The standard InChI is InChI=1S/C22H14O7/c1-11-9-18(24)29-20-14(11)7-8-17(19(20)12(2)23)28-22(26)15-10-13-5-3-4-6-16(13)27-21(15)25/h3-10H,1-2H3. The third kappa shape index (κ3) is 3.23. The van der Waals surface area contributed by atoms with Gasteiger partial charge in [0.1, 0.15) is 22.5 Å². The van der Waals surface area contributed by atoms with Gasteiger partial charge in [0.15, 0.2) is 11.4 Å². The summed E-state index contributed by atoms with van der Waals surface area (Å²) in [4.78, 5) is 48.8. The molecule has 0 spiro atoms. The van der Waals surface area contributed by atoms with Crippen LogP contribution < -0.4 is 16.0 Å². The molecule has 0 saturated carbocycles. The zero-order chi connectivity index (χ0) is 20.7. The first kappa shape index (κ1) is 18.4. The van der Waals surface area contributed by atoms with E-state index >= 15 is 0 Å². The fraction of sp³-hybridized carbons (Fsp3) is 0.0909. The highest BCUT2D eigenvalue weighted by molar-refractivity contribution is 6.08. The SMILES string of the molecule is CC(=O)c1c(OC(=O)c2cc3ccccc3oc2=O)ccc2c(C)cc(=O)oc12. The highest BCUT2D eigenvalue weighted by Crippen LogP contribution is 2.30. The number of carbonyl (C=O) groups is 2. The van der Waals surface area contributed by atoms with E-state index < -0.39 is 23.0 Å². The molecule has 2 aromatic carbocycles. The number of aryl methyl sites for hydroxylation is 1. The largest absolute Gasteiger partial charge is 0.422 e. The Hall–Kier alpha value is -4.00. The highest BCUT2D eigenvalue weighted by Gasteiger charge is 2.22. The summed E-state index contributed by atoms with van der Waals surface area (Å²) in [5.74, 6) is -1.56. The molecule has 144 valence electrons. The van der Waals surface area contributed by atoms with E-state index in [9.17, 15) is 19.2 Å². The molecule has 7 nitrogen and oxygen atoms in total. The molecular formula is C22H14O7.